The number of anilines is 1. The number of halogens is 2. The molecule has 1 aromatic heterocycles. The number of carbonyl (C=O) groups excluding carboxylic acids is 2. The van der Waals surface area contributed by atoms with E-state index in [9.17, 15) is 23.2 Å². The van der Waals surface area contributed by atoms with Crippen molar-refractivity contribution in [3.63, 3.8) is 0 Å². The number of nitrogens with one attached hydrogen (secondary N) is 1. The molecule has 0 fully saturated rings. The molecular formula is C23H28F2N4O3. The van der Waals surface area contributed by atoms with Crippen LogP contribution in [0.15, 0.2) is 35.3 Å². The Bertz CT molecular complexity index is 1110. The Hall–Kier alpha value is -3.07. The van der Waals surface area contributed by atoms with Crippen LogP contribution in [0.25, 0.3) is 0 Å². The number of aromatic nitrogens is 1. The molecule has 9 heteroatoms. The standard InChI is InChI=1S/C23H28F2N4O3/c1-13(26)21(31)27-20(23(2,3)4)22(32)29-8-7-14-9-19(30)28(12-18(14)29)11-15-5-6-16(24)10-17(15)25/h5-6,9-10,12-13,20H,7-8,11,26H2,1-4H3,(H,27,31)/t13-,20+/m0/s1. The number of fused-ring (bicyclic) bond motifs is 1. The first-order valence-corrected chi connectivity index (χ1v) is 10.4. The van der Waals surface area contributed by atoms with Crippen molar-refractivity contribution in [1.29, 1.82) is 0 Å². The van der Waals surface area contributed by atoms with E-state index in [1.54, 1.807) is 0 Å². The predicted octanol–water partition coefficient (Wildman–Crippen LogP) is 1.94. The summed E-state index contributed by atoms with van der Waals surface area (Å²) in [5.41, 5.74) is 6.11. The molecule has 3 rings (SSSR count). The van der Waals surface area contributed by atoms with Gasteiger partial charge in [-0.15, -0.1) is 0 Å². The fourth-order valence-corrected chi connectivity index (χ4v) is 3.66. The van der Waals surface area contributed by atoms with Crippen molar-refractivity contribution in [3.05, 3.63) is 63.6 Å². The van der Waals surface area contributed by atoms with Gasteiger partial charge in [-0.2, -0.15) is 0 Å². The molecule has 0 radical (unpaired) electrons. The van der Waals surface area contributed by atoms with Crippen molar-refractivity contribution < 1.29 is 18.4 Å². The minimum Gasteiger partial charge on any atom is -0.342 e. The maximum atomic E-state index is 14.1. The van der Waals surface area contributed by atoms with Gasteiger partial charge in [0, 0.05) is 30.4 Å². The molecule has 2 aromatic rings. The summed E-state index contributed by atoms with van der Waals surface area (Å²) in [6.07, 6.45) is 2.00. The first kappa shape index (κ1) is 23.6. The highest BCUT2D eigenvalue weighted by Crippen LogP contribution is 2.30. The van der Waals surface area contributed by atoms with Gasteiger partial charge in [-0.25, -0.2) is 8.78 Å². The van der Waals surface area contributed by atoms with Gasteiger partial charge in [0.25, 0.3) is 5.56 Å². The Balaban J connectivity index is 1.94. The molecule has 1 aromatic carbocycles. The summed E-state index contributed by atoms with van der Waals surface area (Å²) in [6.45, 7) is 7.30. The summed E-state index contributed by atoms with van der Waals surface area (Å²) < 4.78 is 28.6. The number of pyridine rings is 1. The maximum absolute atomic E-state index is 14.1. The lowest BCUT2D eigenvalue weighted by atomic mass is 9.85. The van der Waals surface area contributed by atoms with E-state index in [0.717, 1.165) is 12.1 Å². The van der Waals surface area contributed by atoms with E-state index in [2.05, 4.69) is 5.32 Å². The fraction of sp³-hybridized carbons (Fsp3) is 0.435. The molecule has 0 aliphatic carbocycles. The van der Waals surface area contributed by atoms with Gasteiger partial charge >= 0.3 is 0 Å². The van der Waals surface area contributed by atoms with Gasteiger partial charge in [0.15, 0.2) is 0 Å². The van der Waals surface area contributed by atoms with Gasteiger partial charge in [0.05, 0.1) is 18.3 Å². The van der Waals surface area contributed by atoms with E-state index in [1.165, 1.54) is 34.7 Å². The molecule has 1 aliphatic rings. The number of benzene rings is 1. The van der Waals surface area contributed by atoms with Crippen LogP contribution in [0.3, 0.4) is 0 Å². The van der Waals surface area contributed by atoms with Gasteiger partial charge < -0.3 is 20.5 Å². The zero-order valence-electron chi connectivity index (χ0n) is 18.6. The third-order valence-electron chi connectivity index (χ3n) is 5.52. The first-order valence-electron chi connectivity index (χ1n) is 10.4. The molecule has 32 heavy (non-hydrogen) atoms. The van der Waals surface area contributed by atoms with Crippen LogP contribution in [0.2, 0.25) is 0 Å². The highest BCUT2D eigenvalue weighted by atomic mass is 19.1. The molecule has 3 N–H and O–H groups in total. The van der Waals surface area contributed by atoms with Crippen molar-refractivity contribution in [2.45, 2.75) is 52.7 Å². The van der Waals surface area contributed by atoms with Crippen molar-refractivity contribution in [2.24, 2.45) is 11.1 Å². The summed E-state index contributed by atoms with van der Waals surface area (Å²) in [5, 5.41) is 2.73. The Morgan fingerprint density at radius 1 is 1.22 bits per heavy atom. The quantitative estimate of drug-likeness (QED) is 0.734. The minimum atomic E-state index is -0.832. The Kier molecular flexibility index (Phi) is 6.50. The van der Waals surface area contributed by atoms with Crippen LogP contribution in [0.4, 0.5) is 14.5 Å². The van der Waals surface area contributed by atoms with E-state index in [-0.39, 0.29) is 23.6 Å². The number of nitrogens with zero attached hydrogens (tertiary/aromatic N) is 2. The fourth-order valence-electron chi connectivity index (χ4n) is 3.66. The predicted molar refractivity (Wildman–Crippen MR) is 117 cm³/mol. The van der Waals surface area contributed by atoms with Crippen LogP contribution >= 0.6 is 0 Å². The number of amides is 2. The lowest BCUT2D eigenvalue weighted by molar-refractivity contribution is -0.130. The SMILES string of the molecule is C[C@H](N)C(=O)N[C@H](C(=O)N1CCc2cc(=O)n(Cc3ccc(F)cc3F)cc21)C(C)(C)C. The molecule has 0 spiro atoms. The van der Waals surface area contributed by atoms with Crippen LogP contribution in [0.1, 0.15) is 38.8 Å². The normalized spacial score (nSPS) is 15.3. The largest absolute Gasteiger partial charge is 0.342 e. The molecule has 2 atom stereocenters. The van der Waals surface area contributed by atoms with Crippen molar-refractivity contribution in [1.82, 2.24) is 9.88 Å². The van der Waals surface area contributed by atoms with Gasteiger partial charge in [0.2, 0.25) is 11.8 Å². The molecular weight excluding hydrogens is 418 g/mol. The molecule has 1 aliphatic heterocycles. The van der Waals surface area contributed by atoms with E-state index in [4.69, 9.17) is 5.73 Å². The topological polar surface area (TPSA) is 97.4 Å². The molecule has 2 amide bonds. The van der Waals surface area contributed by atoms with Gasteiger partial charge in [-0.3, -0.25) is 14.4 Å². The molecule has 2 heterocycles. The molecule has 0 bridgehead atoms. The number of hydrogen-bond acceptors (Lipinski definition) is 4. The number of hydrogen-bond donors (Lipinski definition) is 2. The number of carbonyl (C=O) groups is 2. The highest BCUT2D eigenvalue weighted by Gasteiger charge is 2.38. The van der Waals surface area contributed by atoms with E-state index in [1.807, 2.05) is 20.8 Å². The summed E-state index contributed by atoms with van der Waals surface area (Å²) in [5.74, 6) is -2.21. The molecule has 0 unspecified atom stereocenters. The summed E-state index contributed by atoms with van der Waals surface area (Å²) in [7, 11) is 0. The van der Waals surface area contributed by atoms with Crippen molar-refractivity contribution in [2.75, 3.05) is 11.4 Å². The van der Waals surface area contributed by atoms with Crippen LogP contribution in [0, 0.1) is 17.0 Å². The Morgan fingerprint density at radius 2 is 1.91 bits per heavy atom. The average molecular weight is 446 g/mol. The van der Waals surface area contributed by atoms with Crippen LogP contribution in [0.5, 0.6) is 0 Å². The smallest absolute Gasteiger partial charge is 0.251 e. The minimum absolute atomic E-state index is 0.107. The molecule has 172 valence electrons. The van der Waals surface area contributed by atoms with E-state index < -0.39 is 35.0 Å². The highest BCUT2D eigenvalue weighted by molar-refractivity contribution is 6.01. The zero-order valence-corrected chi connectivity index (χ0v) is 18.6. The maximum Gasteiger partial charge on any atom is 0.251 e. The van der Waals surface area contributed by atoms with E-state index >= 15 is 0 Å². The summed E-state index contributed by atoms with van der Waals surface area (Å²) in [6, 6.07) is 3.00. The van der Waals surface area contributed by atoms with Gasteiger partial charge in [0.1, 0.15) is 17.7 Å². The lowest BCUT2D eigenvalue weighted by Crippen LogP contribution is -2.57. The lowest BCUT2D eigenvalue weighted by Gasteiger charge is -2.34. The average Bonchev–Trinajstić information content (AvgIpc) is 3.09. The Morgan fingerprint density at radius 3 is 2.50 bits per heavy atom. The second-order valence-electron chi connectivity index (χ2n) is 9.22. The van der Waals surface area contributed by atoms with Gasteiger partial charge in [-0.05, 0) is 30.4 Å². The second-order valence-corrected chi connectivity index (χ2v) is 9.22. The van der Waals surface area contributed by atoms with Crippen LogP contribution in [-0.2, 0) is 22.6 Å². The molecule has 0 saturated carbocycles. The molecule has 7 nitrogen and oxygen atoms in total. The van der Waals surface area contributed by atoms with Crippen LogP contribution < -0.4 is 21.5 Å². The van der Waals surface area contributed by atoms with Crippen LogP contribution in [-0.4, -0.2) is 35.0 Å². The summed E-state index contributed by atoms with van der Waals surface area (Å²) >= 11 is 0. The zero-order chi connectivity index (χ0) is 23.8. The number of nitrogens with two attached hydrogens (primary N) is 1. The Labute approximate surface area is 185 Å². The monoisotopic (exact) mass is 446 g/mol. The second kappa shape index (κ2) is 8.82. The van der Waals surface area contributed by atoms with Gasteiger partial charge in [-0.1, -0.05) is 26.8 Å². The molecule has 0 saturated heterocycles. The van der Waals surface area contributed by atoms with Crippen molar-refractivity contribution in [3.8, 4) is 0 Å². The third kappa shape index (κ3) is 4.88. The van der Waals surface area contributed by atoms with Crippen molar-refractivity contribution >= 4 is 17.5 Å². The van der Waals surface area contributed by atoms with E-state index in [0.29, 0.717) is 24.2 Å². The third-order valence-corrected chi connectivity index (χ3v) is 5.52. The summed E-state index contributed by atoms with van der Waals surface area (Å²) in [4.78, 5) is 39.7. The number of rotatable bonds is 5. The first-order chi connectivity index (χ1) is 14.9.